The molecule has 1 aliphatic rings. The van der Waals surface area contributed by atoms with Crippen molar-refractivity contribution in [2.75, 3.05) is 33.2 Å². The van der Waals surface area contributed by atoms with E-state index in [1.54, 1.807) is 21.4 Å². The maximum absolute atomic E-state index is 12.7. The van der Waals surface area contributed by atoms with Gasteiger partial charge in [-0.1, -0.05) is 37.6 Å². The van der Waals surface area contributed by atoms with Gasteiger partial charge in [0, 0.05) is 73.7 Å². The van der Waals surface area contributed by atoms with Crippen molar-refractivity contribution >= 4 is 58.9 Å². The maximum atomic E-state index is 12.7. The molecule has 1 saturated heterocycles. The van der Waals surface area contributed by atoms with Crippen molar-refractivity contribution < 1.29 is 4.79 Å². The van der Waals surface area contributed by atoms with Crippen LogP contribution >= 0.6 is 41.9 Å². The second kappa shape index (κ2) is 10.1. The summed E-state index contributed by atoms with van der Waals surface area (Å²) in [6, 6.07) is 11.7. The molecule has 154 valence electrons. The first kappa shape index (κ1) is 22.4. The fourth-order valence-corrected chi connectivity index (χ4v) is 5.13. The monoisotopic (exact) mass is 542 g/mol. The van der Waals surface area contributed by atoms with Crippen LogP contribution in [0.15, 0.2) is 42.6 Å². The van der Waals surface area contributed by atoms with Gasteiger partial charge >= 0.3 is 0 Å². The second-order valence-corrected chi connectivity index (χ2v) is 8.69. The number of carbonyl (C=O) groups excluding carboxylic acids is 1. The Labute approximate surface area is 193 Å². The molecule has 29 heavy (non-hydrogen) atoms. The number of amides is 1. The van der Waals surface area contributed by atoms with E-state index in [0.29, 0.717) is 5.02 Å². The number of pyridine rings is 1. The summed E-state index contributed by atoms with van der Waals surface area (Å²) in [7, 11) is 3.64. The minimum absolute atomic E-state index is 0.100. The normalized spacial score (nSPS) is 14.6. The zero-order valence-electron chi connectivity index (χ0n) is 16.7. The summed E-state index contributed by atoms with van der Waals surface area (Å²) in [5.41, 5.74) is 3.62. The lowest BCUT2D eigenvalue weighted by Gasteiger charge is -2.32. The van der Waals surface area contributed by atoms with E-state index >= 15 is 0 Å². The Morgan fingerprint density at radius 3 is 2.38 bits per heavy atom. The van der Waals surface area contributed by atoms with Crippen LogP contribution < -0.4 is 0 Å². The van der Waals surface area contributed by atoms with Gasteiger partial charge in [-0.2, -0.15) is 0 Å². The molecule has 0 radical (unpaired) electrons. The highest BCUT2D eigenvalue weighted by Crippen LogP contribution is 2.36. The third kappa shape index (κ3) is 4.73. The lowest BCUT2D eigenvalue weighted by molar-refractivity contribution is 0.0664. The molecule has 1 aromatic carbocycles. The lowest BCUT2D eigenvalue weighted by Crippen LogP contribution is -2.47. The van der Waals surface area contributed by atoms with Gasteiger partial charge in [0.05, 0.1) is 10.7 Å². The second-order valence-electron chi connectivity index (χ2n) is 6.60. The van der Waals surface area contributed by atoms with Gasteiger partial charge in [0.15, 0.2) is 5.65 Å². The van der Waals surface area contributed by atoms with Gasteiger partial charge in [-0.25, -0.2) is 4.98 Å². The molecule has 0 aliphatic carbocycles. The topological polar surface area (TPSA) is 41.4 Å². The Kier molecular flexibility index (Phi) is 7.84. The number of hydrogen-bond acceptors (Lipinski definition) is 4. The van der Waals surface area contributed by atoms with Gasteiger partial charge in [-0.15, -0.1) is 0 Å². The third-order valence-electron chi connectivity index (χ3n) is 4.90. The van der Waals surface area contributed by atoms with E-state index in [1.165, 1.54) is 0 Å². The maximum Gasteiger partial charge on any atom is 0.253 e. The molecular weight excluding hydrogens is 519 g/mol. The smallest absolute Gasteiger partial charge is 0.253 e. The predicted molar refractivity (Wildman–Crippen MR) is 132 cm³/mol. The molecule has 0 N–H and O–H groups in total. The quantitative estimate of drug-likeness (QED) is 0.403. The number of nitrogens with zero attached hydrogens (tertiary/aromatic N) is 4. The van der Waals surface area contributed by atoms with Crippen LogP contribution in [0.2, 0.25) is 5.02 Å². The van der Waals surface area contributed by atoms with E-state index < -0.39 is 0 Å². The Morgan fingerprint density at radius 2 is 1.76 bits per heavy atom. The summed E-state index contributed by atoms with van der Waals surface area (Å²) >= 11 is 8.57. The van der Waals surface area contributed by atoms with Crippen LogP contribution in [0.25, 0.3) is 22.3 Å². The molecule has 1 fully saturated rings. The summed E-state index contributed by atoms with van der Waals surface area (Å²) < 4.78 is 2.05. The van der Waals surface area contributed by atoms with Gasteiger partial charge in [0.25, 0.3) is 5.91 Å². The fraction of sp³-hybridized carbons (Fsp3) is 0.333. The Hall–Kier alpha value is -1.29. The fourth-order valence-electron chi connectivity index (χ4n) is 3.29. The molecule has 0 atom stereocenters. The summed E-state index contributed by atoms with van der Waals surface area (Å²) in [6.07, 6.45) is 1.72. The first-order valence-electron chi connectivity index (χ1n) is 9.62. The Morgan fingerprint density at radius 1 is 1.10 bits per heavy atom. The van der Waals surface area contributed by atoms with Gasteiger partial charge in [-0.05, 0) is 36.9 Å². The molecule has 0 saturated carbocycles. The van der Waals surface area contributed by atoms with E-state index in [9.17, 15) is 4.79 Å². The van der Waals surface area contributed by atoms with Gasteiger partial charge in [0.1, 0.15) is 0 Å². The Balaban J connectivity index is 0.00000117. The summed E-state index contributed by atoms with van der Waals surface area (Å²) in [5, 5.41) is 1.61. The van der Waals surface area contributed by atoms with Crippen molar-refractivity contribution in [3.63, 3.8) is 0 Å². The molecule has 4 rings (SSSR count). The molecule has 3 aromatic rings. The number of piperazine rings is 1. The highest BCUT2D eigenvalue weighted by molar-refractivity contribution is 14.2. The molecule has 5 nitrogen and oxygen atoms in total. The highest BCUT2D eigenvalue weighted by atomic mass is 127. The average Bonchev–Trinajstić information content (AvgIpc) is 3.15. The standard InChI is InChI=1S/C19H18ClIN4OS.C2H6/c1-23-8-10-24(11-9-23)19(26)14-4-2-13(3-5-14)17-12-15-16(20)6-7-22-18(15)25(17)27-21;1-2/h2-7,12H,8-11H2,1H3;1-2H3. The number of halogens is 2. The van der Waals surface area contributed by atoms with Gasteiger partial charge < -0.3 is 9.80 Å². The van der Waals surface area contributed by atoms with Crippen molar-refractivity contribution in [2.24, 2.45) is 0 Å². The number of benzene rings is 1. The summed E-state index contributed by atoms with van der Waals surface area (Å²) in [6.45, 7) is 7.40. The van der Waals surface area contributed by atoms with Crippen LogP contribution in [-0.2, 0) is 0 Å². The van der Waals surface area contributed by atoms with Crippen LogP contribution in [0.5, 0.6) is 0 Å². The van der Waals surface area contributed by atoms with Crippen LogP contribution in [0, 0.1) is 0 Å². The first-order chi connectivity index (χ1) is 14.1. The van der Waals surface area contributed by atoms with Crippen molar-refractivity contribution in [1.82, 2.24) is 18.8 Å². The van der Waals surface area contributed by atoms with E-state index in [4.69, 9.17) is 11.6 Å². The number of fused-ring (bicyclic) bond motifs is 1. The highest BCUT2D eigenvalue weighted by Gasteiger charge is 2.21. The van der Waals surface area contributed by atoms with E-state index in [-0.39, 0.29) is 5.91 Å². The van der Waals surface area contributed by atoms with Gasteiger partial charge in [0.2, 0.25) is 0 Å². The summed E-state index contributed by atoms with van der Waals surface area (Å²) in [5.74, 6) is 0.100. The number of aromatic nitrogens is 2. The lowest BCUT2D eigenvalue weighted by atomic mass is 10.1. The number of carbonyl (C=O) groups is 1. The van der Waals surface area contributed by atoms with Crippen molar-refractivity contribution in [3.8, 4) is 11.3 Å². The molecular formula is C21H24ClIN4OS. The Bertz CT molecular complexity index is 984. The zero-order chi connectivity index (χ0) is 21.0. The minimum atomic E-state index is 0.100. The molecule has 1 amide bonds. The van der Waals surface area contributed by atoms with Crippen molar-refractivity contribution in [3.05, 3.63) is 53.2 Å². The van der Waals surface area contributed by atoms with Crippen molar-refractivity contribution in [2.45, 2.75) is 13.8 Å². The minimum Gasteiger partial charge on any atom is -0.336 e. The first-order valence-corrected chi connectivity index (χ1v) is 13.3. The molecule has 3 heterocycles. The molecule has 0 bridgehead atoms. The van der Waals surface area contributed by atoms with Crippen LogP contribution in [-0.4, -0.2) is 57.9 Å². The van der Waals surface area contributed by atoms with E-state index in [0.717, 1.165) is 54.0 Å². The number of hydrogen-bond donors (Lipinski definition) is 0. The van der Waals surface area contributed by atoms with E-state index in [1.807, 2.05) is 49.1 Å². The molecule has 2 aromatic heterocycles. The van der Waals surface area contributed by atoms with Crippen LogP contribution in [0.1, 0.15) is 24.2 Å². The van der Waals surface area contributed by atoms with Crippen LogP contribution in [0.3, 0.4) is 0 Å². The third-order valence-corrected chi connectivity index (χ3v) is 6.91. The molecule has 8 heteroatoms. The summed E-state index contributed by atoms with van der Waals surface area (Å²) in [4.78, 5) is 21.4. The van der Waals surface area contributed by atoms with Gasteiger partial charge in [-0.3, -0.25) is 8.77 Å². The molecule has 0 spiro atoms. The zero-order valence-corrected chi connectivity index (χ0v) is 20.5. The largest absolute Gasteiger partial charge is 0.336 e. The van der Waals surface area contributed by atoms with Crippen LogP contribution in [0.4, 0.5) is 0 Å². The predicted octanol–water partition coefficient (Wildman–Crippen LogP) is 5.62. The SMILES string of the molecule is CC.CN1CCN(C(=O)c2ccc(-c3cc4c(Cl)ccnc4n3SI)cc2)CC1. The molecule has 0 unspecified atom stereocenters. The average molecular weight is 543 g/mol. The van der Waals surface area contributed by atoms with E-state index in [2.05, 4.69) is 42.1 Å². The number of likely N-dealkylation sites (N-methyl/N-ethyl adjacent to an activating group) is 1. The number of rotatable bonds is 3. The van der Waals surface area contributed by atoms with Crippen molar-refractivity contribution in [1.29, 1.82) is 0 Å². The molecule has 1 aliphatic heterocycles.